The molecule has 1 saturated heterocycles. The lowest BCUT2D eigenvalue weighted by molar-refractivity contribution is 0.122. The van der Waals surface area contributed by atoms with E-state index in [1.807, 2.05) is 6.07 Å². The average Bonchev–Trinajstić information content (AvgIpc) is 2.30. The van der Waals surface area contributed by atoms with Gasteiger partial charge in [0.2, 0.25) is 0 Å². The number of ether oxygens (including phenoxy) is 1. The number of anilines is 1. The van der Waals surface area contributed by atoms with Crippen molar-refractivity contribution in [2.24, 2.45) is 0 Å². The molecular weight excluding hydrogens is 178 g/mol. The van der Waals surface area contributed by atoms with Crippen molar-refractivity contribution in [3.8, 4) is 0 Å². The second kappa shape index (κ2) is 4.07. The maximum atomic E-state index is 6.91. The molecule has 0 radical (unpaired) electrons. The quantitative estimate of drug-likeness (QED) is 0.626. The minimum absolute atomic E-state index is 0.640. The number of morpholine rings is 1. The predicted octanol–water partition coefficient (Wildman–Crippen LogP) is 1.47. The summed E-state index contributed by atoms with van der Waals surface area (Å²) in [5.74, 6) is 0.877. The molecule has 1 aromatic heterocycles. The van der Waals surface area contributed by atoms with E-state index < -0.39 is 0 Å². The van der Waals surface area contributed by atoms with E-state index in [-0.39, 0.29) is 0 Å². The maximum absolute atomic E-state index is 6.91. The molecule has 72 valence electrons. The zero-order valence-corrected chi connectivity index (χ0v) is 7.81. The predicted molar refractivity (Wildman–Crippen MR) is 53.5 cm³/mol. The number of nitrogens with zero attached hydrogens (tertiary/aromatic N) is 3. The van der Waals surface area contributed by atoms with Gasteiger partial charge in [0, 0.05) is 19.3 Å². The topological polar surface area (TPSA) is 29.7 Å². The van der Waals surface area contributed by atoms with Crippen LogP contribution in [0, 0.1) is 6.57 Å². The van der Waals surface area contributed by atoms with Crippen molar-refractivity contribution in [3.05, 3.63) is 29.7 Å². The van der Waals surface area contributed by atoms with Crippen LogP contribution in [0.15, 0.2) is 18.3 Å². The van der Waals surface area contributed by atoms with Crippen LogP contribution in [0.4, 0.5) is 11.5 Å². The van der Waals surface area contributed by atoms with Crippen molar-refractivity contribution >= 4 is 11.5 Å². The Balaban J connectivity index is 2.18. The van der Waals surface area contributed by atoms with Crippen LogP contribution in [0.1, 0.15) is 0 Å². The highest BCUT2D eigenvalue weighted by Crippen LogP contribution is 2.19. The first-order valence-electron chi connectivity index (χ1n) is 4.56. The lowest BCUT2D eigenvalue weighted by atomic mass is 10.3. The van der Waals surface area contributed by atoms with Crippen LogP contribution in [0.3, 0.4) is 0 Å². The molecule has 1 fully saturated rings. The molecule has 0 saturated carbocycles. The van der Waals surface area contributed by atoms with Gasteiger partial charge in [-0.1, -0.05) is 0 Å². The van der Waals surface area contributed by atoms with E-state index >= 15 is 0 Å². The van der Waals surface area contributed by atoms with Crippen LogP contribution in [-0.2, 0) is 4.74 Å². The van der Waals surface area contributed by atoms with Crippen LogP contribution in [0.2, 0.25) is 0 Å². The smallest absolute Gasteiger partial charge is 0.192 e. The zero-order chi connectivity index (χ0) is 9.80. The molecule has 14 heavy (non-hydrogen) atoms. The summed E-state index contributed by atoms with van der Waals surface area (Å²) in [6, 6.07) is 3.54. The standard InChI is InChI=1S/C10H11N3O/c1-11-9-2-3-12-10(8-9)13-4-6-14-7-5-13/h2-3,8H,4-7H2. The molecule has 0 unspecified atom stereocenters. The first-order chi connectivity index (χ1) is 6.90. The molecule has 0 spiro atoms. The van der Waals surface area contributed by atoms with Crippen LogP contribution in [-0.4, -0.2) is 31.3 Å². The van der Waals surface area contributed by atoms with Gasteiger partial charge in [-0.3, -0.25) is 0 Å². The number of pyridine rings is 1. The highest BCUT2D eigenvalue weighted by atomic mass is 16.5. The molecule has 0 bridgehead atoms. The Morgan fingerprint density at radius 1 is 1.43 bits per heavy atom. The highest BCUT2D eigenvalue weighted by molar-refractivity contribution is 5.53. The normalized spacial score (nSPS) is 16.4. The van der Waals surface area contributed by atoms with Crippen molar-refractivity contribution in [1.29, 1.82) is 0 Å². The number of hydrogen-bond donors (Lipinski definition) is 0. The van der Waals surface area contributed by atoms with Gasteiger partial charge < -0.3 is 9.64 Å². The lowest BCUT2D eigenvalue weighted by Gasteiger charge is -2.27. The Kier molecular flexibility index (Phi) is 2.61. The lowest BCUT2D eigenvalue weighted by Crippen LogP contribution is -2.36. The Morgan fingerprint density at radius 2 is 2.21 bits per heavy atom. The molecule has 0 N–H and O–H groups in total. The van der Waals surface area contributed by atoms with Crippen molar-refractivity contribution in [2.75, 3.05) is 31.2 Å². The summed E-state index contributed by atoms with van der Waals surface area (Å²) in [7, 11) is 0. The first kappa shape index (κ1) is 8.97. The number of aromatic nitrogens is 1. The van der Waals surface area contributed by atoms with E-state index in [0.29, 0.717) is 5.69 Å². The van der Waals surface area contributed by atoms with E-state index in [2.05, 4.69) is 14.7 Å². The van der Waals surface area contributed by atoms with Gasteiger partial charge in [0.15, 0.2) is 5.69 Å². The van der Waals surface area contributed by atoms with Gasteiger partial charge >= 0.3 is 0 Å². The van der Waals surface area contributed by atoms with Crippen molar-refractivity contribution in [3.63, 3.8) is 0 Å². The summed E-state index contributed by atoms with van der Waals surface area (Å²) in [5.41, 5.74) is 0.640. The Morgan fingerprint density at radius 3 is 2.93 bits per heavy atom. The van der Waals surface area contributed by atoms with Crippen LogP contribution >= 0.6 is 0 Å². The molecule has 1 aliphatic heterocycles. The summed E-state index contributed by atoms with van der Waals surface area (Å²) in [6.45, 7) is 10.1. The summed E-state index contributed by atoms with van der Waals surface area (Å²) >= 11 is 0. The molecule has 0 aromatic carbocycles. The van der Waals surface area contributed by atoms with Crippen molar-refractivity contribution < 1.29 is 4.74 Å². The fraction of sp³-hybridized carbons (Fsp3) is 0.400. The molecule has 2 heterocycles. The van der Waals surface area contributed by atoms with Gasteiger partial charge in [0.05, 0.1) is 19.8 Å². The minimum Gasteiger partial charge on any atom is -0.378 e. The highest BCUT2D eigenvalue weighted by Gasteiger charge is 2.11. The van der Waals surface area contributed by atoms with Gasteiger partial charge in [-0.25, -0.2) is 9.83 Å². The summed E-state index contributed by atoms with van der Waals surface area (Å²) in [6.07, 6.45) is 1.68. The molecule has 0 atom stereocenters. The number of rotatable bonds is 1. The molecule has 0 amide bonds. The third-order valence-corrected chi connectivity index (χ3v) is 2.19. The summed E-state index contributed by atoms with van der Waals surface area (Å²) in [5, 5.41) is 0. The van der Waals surface area contributed by atoms with E-state index in [0.717, 1.165) is 32.1 Å². The minimum atomic E-state index is 0.640. The second-order valence-corrected chi connectivity index (χ2v) is 3.08. The van der Waals surface area contributed by atoms with E-state index in [9.17, 15) is 0 Å². The third-order valence-electron chi connectivity index (χ3n) is 2.19. The molecule has 2 rings (SSSR count). The molecule has 4 nitrogen and oxygen atoms in total. The molecule has 0 aliphatic carbocycles. The van der Waals surface area contributed by atoms with Gasteiger partial charge in [-0.05, 0) is 12.1 Å². The molecule has 1 aliphatic rings. The fourth-order valence-electron chi connectivity index (χ4n) is 1.44. The SMILES string of the molecule is [C-]#[N+]c1ccnc(N2CCOCC2)c1. The van der Waals surface area contributed by atoms with Crippen molar-refractivity contribution in [2.45, 2.75) is 0 Å². The zero-order valence-electron chi connectivity index (χ0n) is 7.81. The molecule has 1 aromatic rings. The first-order valence-corrected chi connectivity index (χ1v) is 4.56. The Hall–Kier alpha value is -1.60. The van der Waals surface area contributed by atoms with Crippen molar-refractivity contribution in [1.82, 2.24) is 4.98 Å². The Labute approximate surface area is 82.9 Å². The Bertz CT molecular complexity index is 353. The monoisotopic (exact) mass is 189 g/mol. The van der Waals surface area contributed by atoms with E-state index in [1.54, 1.807) is 12.3 Å². The largest absolute Gasteiger partial charge is 0.378 e. The number of hydrogen-bond acceptors (Lipinski definition) is 3. The fourth-order valence-corrected chi connectivity index (χ4v) is 1.44. The third kappa shape index (κ3) is 1.83. The van der Waals surface area contributed by atoms with Gasteiger partial charge in [0.25, 0.3) is 0 Å². The van der Waals surface area contributed by atoms with E-state index in [4.69, 9.17) is 11.3 Å². The molecular formula is C10H11N3O. The summed E-state index contributed by atoms with van der Waals surface area (Å²) in [4.78, 5) is 9.75. The van der Waals surface area contributed by atoms with Gasteiger partial charge in [0.1, 0.15) is 5.82 Å². The maximum Gasteiger partial charge on any atom is 0.192 e. The van der Waals surface area contributed by atoms with Gasteiger partial charge in [-0.15, -0.1) is 0 Å². The van der Waals surface area contributed by atoms with Crippen LogP contribution < -0.4 is 4.90 Å². The average molecular weight is 189 g/mol. The van der Waals surface area contributed by atoms with Crippen LogP contribution in [0.25, 0.3) is 4.85 Å². The van der Waals surface area contributed by atoms with E-state index in [1.165, 1.54) is 0 Å². The molecule has 4 heteroatoms. The van der Waals surface area contributed by atoms with Gasteiger partial charge in [-0.2, -0.15) is 0 Å². The second-order valence-electron chi connectivity index (χ2n) is 3.08. The van der Waals surface area contributed by atoms with Crippen LogP contribution in [0.5, 0.6) is 0 Å². The summed E-state index contributed by atoms with van der Waals surface area (Å²) < 4.78 is 5.25.